The summed E-state index contributed by atoms with van der Waals surface area (Å²) in [5.74, 6) is 0.638. The summed E-state index contributed by atoms with van der Waals surface area (Å²) in [6.45, 7) is 5.74. The average Bonchev–Trinajstić information content (AvgIpc) is 2.15. The minimum atomic E-state index is -4.22. The molecule has 0 saturated heterocycles. The van der Waals surface area contributed by atoms with E-state index in [1.807, 2.05) is 6.92 Å². The van der Waals surface area contributed by atoms with Crippen molar-refractivity contribution in [2.45, 2.75) is 45.8 Å². The summed E-state index contributed by atoms with van der Waals surface area (Å²) >= 11 is 0. The van der Waals surface area contributed by atoms with Crippen LogP contribution in [-0.4, -0.2) is 32.0 Å². The smallest absolute Gasteiger partial charge is 0.371 e. The molecule has 0 rings (SSSR count). The molecule has 0 fully saturated rings. The van der Waals surface area contributed by atoms with Crippen molar-refractivity contribution in [1.82, 2.24) is 5.32 Å². The molecule has 1 N–H and O–H groups in total. The van der Waals surface area contributed by atoms with Gasteiger partial charge in [-0.3, -0.25) is 0 Å². The minimum Gasteiger partial charge on any atom is -0.371 e. The molecule has 0 saturated carbocycles. The van der Waals surface area contributed by atoms with E-state index in [1.54, 1.807) is 0 Å². The quantitative estimate of drug-likeness (QED) is 0.660. The van der Waals surface area contributed by atoms with Crippen LogP contribution in [0.5, 0.6) is 0 Å². The van der Waals surface area contributed by atoms with Gasteiger partial charge in [0.2, 0.25) is 0 Å². The molecule has 0 aliphatic heterocycles. The molecule has 0 heterocycles. The van der Waals surface area contributed by atoms with Crippen molar-refractivity contribution in [3.8, 4) is 0 Å². The van der Waals surface area contributed by atoms with Crippen LogP contribution < -0.4 is 5.32 Å². The number of nitrogens with one attached hydrogen (secondary N) is 1. The van der Waals surface area contributed by atoms with E-state index < -0.39 is 12.8 Å². The summed E-state index contributed by atoms with van der Waals surface area (Å²) in [6, 6.07) is 0.324. The Kier molecular flexibility index (Phi) is 7.76. The monoisotopic (exact) mass is 241 g/mol. The van der Waals surface area contributed by atoms with Crippen molar-refractivity contribution in [3.63, 3.8) is 0 Å². The summed E-state index contributed by atoms with van der Waals surface area (Å²) in [5.41, 5.74) is 0. The highest BCUT2D eigenvalue weighted by atomic mass is 19.4. The van der Waals surface area contributed by atoms with Gasteiger partial charge in [-0.15, -0.1) is 0 Å². The first-order chi connectivity index (χ1) is 7.35. The van der Waals surface area contributed by atoms with Crippen LogP contribution in [0.2, 0.25) is 0 Å². The Morgan fingerprint density at radius 2 is 1.88 bits per heavy atom. The lowest BCUT2D eigenvalue weighted by molar-refractivity contribution is -0.173. The van der Waals surface area contributed by atoms with Crippen molar-refractivity contribution in [2.75, 3.05) is 19.8 Å². The third-order valence-electron chi connectivity index (χ3n) is 2.46. The van der Waals surface area contributed by atoms with Crippen LogP contribution >= 0.6 is 0 Å². The predicted octanol–water partition coefficient (Wildman–Crippen LogP) is 2.98. The number of hydrogen-bond acceptors (Lipinski definition) is 2. The second-order valence-electron chi connectivity index (χ2n) is 4.27. The van der Waals surface area contributed by atoms with Crippen molar-refractivity contribution in [1.29, 1.82) is 0 Å². The van der Waals surface area contributed by atoms with Crippen LogP contribution in [0.3, 0.4) is 0 Å². The Labute approximate surface area is 95.5 Å². The first kappa shape index (κ1) is 15.7. The van der Waals surface area contributed by atoms with E-state index in [1.165, 1.54) is 0 Å². The highest BCUT2D eigenvalue weighted by molar-refractivity contribution is 4.64. The average molecular weight is 241 g/mol. The van der Waals surface area contributed by atoms with Crippen molar-refractivity contribution < 1.29 is 17.9 Å². The Morgan fingerprint density at radius 1 is 1.25 bits per heavy atom. The number of hydrogen-bond donors (Lipinski definition) is 1. The molecule has 98 valence electrons. The van der Waals surface area contributed by atoms with Gasteiger partial charge in [0, 0.05) is 12.6 Å². The number of alkyl halides is 3. The number of ether oxygens (including phenoxy) is 1. The lowest BCUT2D eigenvalue weighted by atomic mass is 10.0. The molecule has 0 aromatic heterocycles. The van der Waals surface area contributed by atoms with E-state index in [-0.39, 0.29) is 6.61 Å². The molecule has 0 aromatic rings. The van der Waals surface area contributed by atoms with E-state index in [0.717, 1.165) is 12.8 Å². The van der Waals surface area contributed by atoms with E-state index in [2.05, 4.69) is 23.9 Å². The summed E-state index contributed by atoms with van der Waals surface area (Å²) < 4.78 is 39.6. The standard InChI is InChI=1S/C11H22F3NO/c1-4-9(2)7-10(3)15-5-6-16-8-11(12,13)14/h9-10,15H,4-8H2,1-3H3. The number of rotatable bonds is 8. The maximum atomic E-state index is 11.7. The van der Waals surface area contributed by atoms with Crippen molar-refractivity contribution in [2.24, 2.45) is 5.92 Å². The van der Waals surface area contributed by atoms with Gasteiger partial charge < -0.3 is 10.1 Å². The third-order valence-corrected chi connectivity index (χ3v) is 2.46. The lowest BCUT2D eigenvalue weighted by Gasteiger charge is -2.17. The highest BCUT2D eigenvalue weighted by Gasteiger charge is 2.27. The lowest BCUT2D eigenvalue weighted by Crippen LogP contribution is -2.31. The van der Waals surface area contributed by atoms with Crippen LogP contribution in [0.1, 0.15) is 33.6 Å². The fraction of sp³-hybridized carbons (Fsp3) is 1.00. The molecule has 0 bridgehead atoms. The molecule has 2 unspecified atom stereocenters. The topological polar surface area (TPSA) is 21.3 Å². The summed E-state index contributed by atoms with van der Waals surface area (Å²) in [6.07, 6.45) is -2.06. The van der Waals surface area contributed by atoms with Crippen LogP contribution in [-0.2, 0) is 4.74 Å². The Bertz CT molecular complexity index is 173. The summed E-state index contributed by atoms with van der Waals surface area (Å²) in [5, 5.41) is 3.14. The van der Waals surface area contributed by atoms with Crippen molar-refractivity contribution in [3.05, 3.63) is 0 Å². The SMILES string of the molecule is CCC(C)CC(C)NCCOCC(F)(F)F. The zero-order valence-corrected chi connectivity index (χ0v) is 10.2. The highest BCUT2D eigenvalue weighted by Crippen LogP contribution is 2.14. The molecular formula is C11H22F3NO. The van der Waals surface area contributed by atoms with Crippen LogP contribution in [0.15, 0.2) is 0 Å². The molecule has 5 heteroatoms. The molecule has 0 amide bonds. The zero-order valence-electron chi connectivity index (χ0n) is 10.2. The maximum absolute atomic E-state index is 11.7. The molecule has 16 heavy (non-hydrogen) atoms. The molecule has 2 atom stereocenters. The van der Waals surface area contributed by atoms with Gasteiger partial charge in [-0.2, -0.15) is 13.2 Å². The fourth-order valence-electron chi connectivity index (χ4n) is 1.42. The molecule has 2 nitrogen and oxygen atoms in total. The molecule has 0 aliphatic rings. The normalized spacial score (nSPS) is 16.1. The van der Waals surface area contributed by atoms with E-state index in [9.17, 15) is 13.2 Å². The fourth-order valence-corrected chi connectivity index (χ4v) is 1.42. The zero-order chi connectivity index (χ0) is 12.6. The Balaban J connectivity index is 3.38. The van der Waals surface area contributed by atoms with Crippen LogP contribution in [0.4, 0.5) is 13.2 Å². The maximum Gasteiger partial charge on any atom is 0.411 e. The summed E-state index contributed by atoms with van der Waals surface area (Å²) in [4.78, 5) is 0. The van der Waals surface area contributed by atoms with Gasteiger partial charge in [-0.25, -0.2) is 0 Å². The molecule has 0 aliphatic carbocycles. The van der Waals surface area contributed by atoms with Gasteiger partial charge in [-0.1, -0.05) is 20.3 Å². The van der Waals surface area contributed by atoms with Crippen LogP contribution in [0.25, 0.3) is 0 Å². The van der Waals surface area contributed by atoms with Gasteiger partial charge in [0.15, 0.2) is 0 Å². The van der Waals surface area contributed by atoms with Gasteiger partial charge in [0.05, 0.1) is 6.61 Å². The first-order valence-electron chi connectivity index (χ1n) is 5.73. The molecular weight excluding hydrogens is 219 g/mol. The Morgan fingerprint density at radius 3 is 2.38 bits per heavy atom. The minimum absolute atomic E-state index is 0.102. The molecule has 0 radical (unpaired) electrons. The van der Waals surface area contributed by atoms with Gasteiger partial charge in [0.25, 0.3) is 0 Å². The summed E-state index contributed by atoms with van der Waals surface area (Å²) in [7, 11) is 0. The number of halogens is 3. The molecule has 0 spiro atoms. The predicted molar refractivity (Wildman–Crippen MR) is 58.4 cm³/mol. The second kappa shape index (κ2) is 7.90. The largest absolute Gasteiger partial charge is 0.411 e. The Hall–Kier alpha value is -0.290. The van der Waals surface area contributed by atoms with Gasteiger partial charge in [-0.05, 0) is 19.3 Å². The molecule has 0 aromatic carbocycles. The third kappa shape index (κ3) is 10.2. The van der Waals surface area contributed by atoms with Gasteiger partial charge >= 0.3 is 6.18 Å². The second-order valence-corrected chi connectivity index (χ2v) is 4.27. The van der Waals surface area contributed by atoms with E-state index in [4.69, 9.17) is 0 Å². The van der Waals surface area contributed by atoms with Gasteiger partial charge in [0.1, 0.15) is 6.61 Å². The first-order valence-corrected chi connectivity index (χ1v) is 5.73. The van der Waals surface area contributed by atoms with Crippen molar-refractivity contribution >= 4 is 0 Å². The van der Waals surface area contributed by atoms with Crippen LogP contribution in [0, 0.1) is 5.92 Å². The van der Waals surface area contributed by atoms with E-state index in [0.29, 0.717) is 18.5 Å². The van der Waals surface area contributed by atoms with E-state index >= 15 is 0 Å².